The minimum absolute atomic E-state index is 0.398. The molecule has 0 unspecified atom stereocenters. The number of carbonyl (C=O) groups excluding carboxylic acids is 2. The summed E-state index contributed by atoms with van der Waals surface area (Å²) in [7, 11) is 0. The molecule has 4 nitrogen and oxygen atoms in total. The molecule has 4 heteroatoms. The number of benzene rings is 4. The minimum atomic E-state index is -0.407. The van der Waals surface area contributed by atoms with Gasteiger partial charge in [0.05, 0.1) is 11.1 Å². The summed E-state index contributed by atoms with van der Waals surface area (Å²) < 4.78 is 10.7. The molecule has 0 aliphatic rings. The maximum atomic E-state index is 12.3. The van der Waals surface area contributed by atoms with Crippen LogP contribution >= 0.6 is 0 Å². The van der Waals surface area contributed by atoms with Crippen molar-refractivity contribution in [3.05, 3.63) is 120 Å². The summed E-state index contributed by atoms with van der Waals surface area (Å²) in [6.45, 7) is 0. The first-order chi connectivity index (χ1) is 14.7. The van der Waals surface area contributed by atoms with Crippen LogP contribution in [0.25, 0.3) is 11.1 Å². The molecule has 0 heterocycles. The zero-order chi connectivity index (χ0) is 20.8. The van der Waals surface area contributed by atoms with Crippen LogP contribution in [0, 0.1) is 0 Å². The molecular formula is C26H18O4. The molecule has 4 aromatic rings. The monoisotopic (exact) mass is 394 g/mol. The molecule has 0 saturated carbocycles. The SMILES string of the molecule is O=C(Oc1ccc(-c2ccc(C(=O)Oc3ccccc3)cc2)cc1)c1ccccc1. The van der Waals surface area contributed by atoms with Crippen LogP contribution in [0.1, 0.15) is 20.7 Å². The van der Waals surface area contributed by atoms with Gasteiger partial charge in [0, 0.05) is 0 Å². The topological polar surface area (TPSA) is 52.6 Å². The van der Waals surface area contributed by atoms with Crippen molar-refractivity contribution in [1.82, 2.24) is 0 Å². The van der Waals surface area contributed by atoms with Crippen LogP contribution in [0.15, 0.2) is 109 Å². The molecule has 0 atom stereocenters. The highest BCUT2D eigenvalue weighted by Gasteiger charge is 2.10. The molecule has 0 aromatic heterocycles. The molecule has 0 spiro atoms. The molecule has 0 N–H and O–H groups in total. The molecule has 4 aromatic carbocycles. The predicted octanol–water partition coefficient (Wildman–Crippen LogP) is 5.79. The first kappa shape index (κ1) is 19.2. The summed E-state index contributed by atoms with van der Waals surface area (Å²) in [6.07, 6.45) is 0. The average Bonchev–Trinajstić information content (AvgIpc) is 2.81. The Bertz CT molecular complexity index is 1130. The Kier molecular flexibility index (Phi) is 5.67. The van der Waals surface area contributed by atoms with Crippen LogP contribution in [0.4, 0.5) is 0 Å². The van der Waals surface area contributed by atoms with Crippen LogP contribution in [0.3, 0.4) is 0 Å². The molecule has 0 bridgehead atoms. The molecule has 30 heavy (non-hydrogen) atoms. The lowest BCUT2D eigenvalue weighted by Crippen LogP contribution is -2.08. The van der Waals surface area contributed by atoms with Crippen molar-refractivity contribution >= 4 is 11.9 Å². The van der Waals surface area contributed by atoms with E-state index in [-0.39, 0.29) is 0 Å². The highest BCUT2D eigenvalue weighted by Crippen LogP contribution is 2.24. The van der Waals surface area contributed by atoms with Gasteiger partial charge in [-0.2, -0.15) is 0 Å². The normalized spacial score (nSPS) is 10.3. The van der Waals surface area contributed by atoms with Gasteiger partial charge in [-0.3, -0.25) is 0 Å². The van der Waals surface area contributed by atoms with E-state index in [4.69, 9.17) is 9.47 Å². The van der Waals surface area contributed by atoms with Crippen LogP contribution in [0.5, 0.6) is 11.5 Å². The number of hydrogen-bond acceptors (Lipinski definition) is 4. The van der Waals surface area contributed by atoms with Gasteiger partial charge in [0.2, 0.25) is 0 Å². The Labute approximate surface area is 174 Å². The van der Waals surface area contributed by atoms with Gasteiger partial charge in [-0.1, -0.05) is 60.7 Å². The van der Waals surface area contributed by atoms with Gasteiger partial charge in [0.15, 0.2) is 0 Å². The Balaban J connectivity index is 1.42. The third-order valence-electron chi connectivity index (χ3n) is 4.48. The number of para-hydroxylation sites is 1. The Morgan fingerprint density at radius 2 is 0.833 bits per heavy atom. The molecule has 0 fully saturated rings. The van der Waals surface area contributed by atoms with E-state index >= 15 is 0 Å². The largest absolute Gasteiger partial charge is 0.423 e. The molecule has 0 aliphatic carbocycles. The zero-order valence-electron chi connectivity index (χ0n) is 16.0. The van der Waals surface area contributed by atoms with E-state index in [0.29, 0.717) is 22.6 Å². The second-order valence-electron chi connectivity index (χ2n) is 6.56. The van der Waals surface area contributed by atoms with E-state index in [2.05, 4.69) is 0 Å². The predicted molar refractivity (Wildman–Crippen MR) is 115 cm³/mol. The van der Waals surface area contributed by atoms with E-state index in [0.717, 1.165) is 11.1 Å². The lowest BCUT2D eigenvalue weighted by Gasteiger charge is -2.07. The summed E-state index contributed by atoms with van der Waals surface area (Å²) in [5, 5.41) is 0. The number of ether oxygens (including phenoxy) is 2. The van der Waals surface area contributed by atoms with Crippen molar-refractivity contribution in [3.63, 3.8) is 0 Å². The molecular weight excluding hydrogens is 376 g/mol. The maximum Gasteiger partial charge on any atom is 0.343 e. The lowest BCUT2D eigenvalue weighted by atomic mass is 10.0. The van der Waals surface area contributed by atoms with Crippen molar-refractivity contribution in [2.45, 2.75) is 0 Å². The van der Waals surface area contributed by atoms with Gasteiger partial charge in [0.25, 0.3) is 0 Å². The van der Waals surface area contributed by atoms with Gasteiger partial charge >= 0.3 is 11.9 Å². The van der Waals surface area contributed by atoms with Crippen LogP contribution in [-0.2, 0) is 0 Å². The Morgan fingerprint density at radius 1 is 0.433 bits per heavy atom. The van der Waals surface area contributed by atoms with Crippen molar-refractivity contribution in [2.75, 3.05) is 0 Å². The van der Waals surface area contributed by atoms with Crippen molar-refractivity contribution in [1.29, 1.82) is 0 Å². The molecule has 146 valence electrons. The molecule has 0 amide bonds. The van der Waals surface area contributed by atoms with Gasteiger partial charge in [-0.05, 0) is 59.7 Å². The molecule has 0 radical (unpaired) electrons. The lowest BCUT2D eigenvalue weighted by molar-refractivity contribution is 0.0725. The fourth-order valence-corrected chi connectivity index (χ4v) is 2.91. The average molecular weight is 394 g/mol. The third-order valence-corrected chi connectivity index (χ3v) is 4.48. The highest BCUT2D eigenvalue weighted by molar-refractivity contribution is 5.92. The Morgan fingerprint density at radius 3 is 1.37 bits per heavy atom. The highest BCUT2D eigenvalue weighted by atomic mass is 16.5. The smallest absolute Gasteiger partial charge is 0.343 e. The summed E-state index contributed by atoms with van der Waals surface area (Å²) >= 11 is 0. The van der Waals surface area contributed by atoms with E-state index < -0.39 is 11.9 Å². The molecule has 0 aliphatic heterocycles. The number of esters is 2. The first-order valence-electron chi connectivity index (χ1n) is 9.44. The number of hydrogen-bond donors (Lipinski definition) is 0. The molecule has 4 rings (SSSR count). The van der Waals surface area contributed by atoms with E-state index in [1.165, 1.54) is 0 Å². The van der Waals surface area contributed by atoms with E-state index in [9.17, 15) is 9.59 Å². The molecule has 0 saturated heterocycles. The number of carbonyl (C=O) groups is 2. The third kappa shape index (κ3) is 4.62. The fraction of sp³-hybridized carbons (Fsp3) is 0. The fourth-order valence-electron chi connectivity index (χ4n) is 2.91. The van der Waals surface area contributed by atoms with E-state index in [1.807, 2.05) is 48.5 Å². The summed E-state index contributed by atoms with van der Waals surface area (Å²) in [4.78, 5) is 24.4. The minimum Gasteiger partial charge on any atom is -0.423 e. The quantitative estimate of drug-likeness (QED) is 0.317. The second-order valence-corrected chi connectivity index (χ2v) is 6.56. The van der Waals surface area contributed by atoms with Crippen LogP contribution < -0.4 is 9.47 Å². The van der Waals surface area contributed by atoms with Crippen LogP contribution in [0.2, 0.25) is 0 Å². The van der Waals surface area contributed by atoms with Gasteiger partial charge < -0.3 is 9.47 Å². The zero-order valence-corrected chi connectivity index (χ0v) is 16.0. The van der Waals surface area contributed by atoms with E-state index in [1.54, 1.807) is 60.7 Å². The standard InChI is InChI=1S/C26H18O4/c27-25(21-7-3-1-4-8-21)30-24-17-15-20(16-18-24)19-11-13-22(14-12-19)26(28)29-23-9-5-2-6-10-23/h1-18H. The second kappa shape index (κ2) is 8.88. The first-order valence-corrected chi connectivity index (χ1v) is 9.44. The maximum absolute atomic E-state index is 12.3. The van der Waals surface area contributed by atoms with Gasteiger partial charge in [-0.15, -0.1) is 0 Å². The van der Waals surface area contributed by atoms with Crippen LogP contribution in [-0.4, -0.2) is 11.9 Å². The van der Waals surface area contributed by atoms with Gasteiger partial charge in [-0.25, -0.2) is 9.59 Å². The van der Waals surface area contributed by atoms with Crippen molar-refractivity contribution in [2.24, 2.45) is 0 Å². The van der Waals surface area contributed by atoms with Gasteiger partial charge in [0.1, 0.15) is 11.5 Å². The summed E-state index contributed by atoms with van der Waals surface area (Å²) in [5.74, 6) is 0.170. The summed E-state index contributed by atoms with van der Waals surface area (Å²) in [6, 6.07) is 32.2. The summed E-state index contributed by atoms with van der Waals surface area (Å²) in [5.41, 5.74) is 2.85. The van der Waals surface area contributed by atoms with Crippen molar-refractivity contribution < 1.29 is 19.1 Å². The number of rotatable bonds is 5. The van der Waals surface area contributed by atoms with Crippen molar-refractivity contribution in [3.8, 4) is 22.6 Å². The Hall–Kier alpha value is -4.18.